The van der Waals surface area contributed by atoms with Crippen LogP contribution in [0.2, 0.25) is 0 Å². The molecule has 0 aliphatic rings. The van der Waals surface area contributed by atoms with Gasteiger partial charge in [0.25, 0.3) is 0 Å². The Morgan fingerprint density at radius 1 is 1.50 bits per heavy atom. The zero-order chi connectivity index (χ0) is 9.68. The Kier molecular flexibility index (Phi) is 6.30. The first-order valence-corrected chi connectivity index (χ1v) is 4.59. The normalized spacial score (nSPS) is 8.64. The van der Waals surface area contributed by atoms with Crippen LogP contribution in [0.1, 0.15) is 5.56 Å². The summed E-state index contributed by atoms with van der Waals surface area (Å²) in [6.45, 7) is 0.872. The third-order valence-corrected chi connectivity index (χ3v) is 1.93. The van der Waals surface area contributed by atoms with Crippen LogP contribution < -0.4 is 10.5 Å². The molecule has 76 valence electrons. The lowest BCUT2D eigenvalue weighted by molar-refractivity contribution is 0.327. The Morgan fingerprint density at radius 2 is 2.21 bits per heavy atom. The van der Waals surface area contributed by atoms with E-state index in [1.54, 1.807) is 12.1 Å². The van der Waals surface area contributed by atoms with Crippen LogP contribution in [0.3, 0.4) is 0 Å². The van der Waals surface area contributed by atoms with E-state index in [0.29, 0.717) is 24.5 Å². The SMILES string of the molecule is Cl.N#Cc1cc(Br)ccc1OCCN. The van der Waals surface area contributed by atoms with Crippen LogP contribution in [0.4, 0.5) is 0 Å². The number of hydrogen-bond acceptors (Lipinski definition) is 3. The maximum absolute atomic E-state index is 8.76. The third kappa shape index (κ3) is 3.54. The molecule has 1 aromatic rings. The predicted octanol–water partition coefficient (Wildman–Crippen LogP) is 2.08. The Balaban J connectivity index is 0.00000169. The second-order valence-corrected chi connectivity index (χ2v) is 3.31. The van der Waals surface area contributed by atoms with Crippen LogP contribution in [0.15, 0.2) is 22.7 Å². The highest BCUT2D eigenvalue weighted by Gasteiger charge is 2.02. The molecule has 2 N–H and O–H groups in total. The highest BCUT2D eigenvalue weighted by atomic mass is 79.9. The first kappa shape index (κ1) is 13.2. The maximum atomic E-state index is 8.76. The molecule has 0 spiro atoms. The van der Waals surface area contributed by atoms with Crippen molar-refractivity contribution >= 4 is 28.3 Å². The summed E-state index contributed by atoms with van der Waals surface area (Å²) in [6, 6.07) is 7.34. The number of hydrogen-bond donors (Lipinski definition) is 1. The van der Waals surface area contributed by atoms with Crippen molar-refractivity contribution < 1.29 is 4.74 Å². The highest BCUT2D eigenvalue weighted by Crippen LogP contribution is 2.21. The Morgan fingerprint density at radius 3 is 2.79 bits per heavy atom. The quantitative estimate of drug-likeness (QED) is 0.920. The maximum Gasteiger partial charge on any atom is 0.137 e. The van der Waals surface area contributed by atoms with Crippen molar-refractivity contribution in [3.8, 4) is 11.8 Å². The largest absolute Gasteiger partial charge is 0.491 e. The fourth-order valence-corrected chi connectivity index (χ4v) is 1.25. The van der Waals surface area contributed by atoms with E-state index in [1.165, 1.54) is 0 Å². The van der Waals surface area contributed by atoms with Crippen LogP contribution in [-0.2, 0) is 0 Å². The van der Waals surface area contributed by atoms with Crippen molar-refractivity contribution in [3.63, 3.8) is 0 Å². The number of benzene rings is 1. The van der Waals surface area contributed by atoms with Gasteiger partial charge in [-0.15, -0.1) is 12.4 Å². The summed E-state index contributed by atoms with van der Waals surface area (Å²) in [7, 11) is 0. The fourth-order valence-electron chi connectivity index (χ4n) is 0.884. The molecule has 0 saturated heterocycles. The number of halogens is 2. The smallest absolute Gasteiger partial charge is 0.137 e. The molecule has 0 bridgehead atoms. The summed E-state index contributed by atoms with van der Waals surface area (Å²) in [5, 5.41) is 8.76. The molecule has 0 aromatic heterocycles. The number of ether oxygens (including phenoxy) is 1. The minimum atomic E-state index is 0. The standard InChI is InChI=1S/C9H9BrN2O.ClH/c10-8-1-2-9(13-4-3-11)7(5-8)6-12;/h1-2,5H,3-4,11H2;1H. The van der Waals surface area contributed by atoms with E-state index >= 15 is 0 Å². The molecule has 14 heavy (non-hydrogen) atoms. The third-order valence-electron chi connectivity index (χ3n) is 1.44. The molecule has 1 aromatic carbocycles. The summed E-state index contributed by atoms with van der Waals surface area (Å²) in [5.74, 6) is 0.580. The van der Waals surface area contributed by atoms with Gasteiger partial charge in [-0.25, -0.2) is 0 Å². The van der Waals surface area contributed by atoms with Gasteiger partial charge >= 0.3 is 0 Å². The summed E-state index contributed by atoms with van der Waals surface area (Å²) < 4.78 is 6.13. The minimum absolute atomic E-state index is 0. The van der Waals surface area contributed by atoms with Crippen molar-refractivity contribution in [2.24, 2.45) is 5.73 Å². The Labute approximate surface area is 97.4 Å². The van der Waals surface area contributed by atoms with E-state index in [0.717, 1.165) is 4.47 Å². The van der Waals surface area contributed by atoms with Crippen LogP contribution in [0, 0.1) is 11.3 Å². The van der Waals surface area contributed by atoms with Gasteiger partial charge in [-0.2, -0.15) is 5.26 Å². The van der Waals surface area contributed by atoms with Crippen LogP contribution in [0.25, 0.3) is 0 Å². The van der Waals surface area contributed by atoms with Gasteiger partial charge in [0.15, 0.2) is 0 Å². The summed E-state index contributed by atoms with van der Waals surface area (Å²) in [4.78, 5) is 0. The number of nitrogens with two attached hydrogens (primary N) is 1. The fraction of sp³-hybridized carbons (Fsp3) is 0.222. The molecule has 5 heteroatoms. The second kappa shape index (κ2) is 6.66. The topological polar surface area (TPSA) is 59.0 Å². The molecule has 0 heterocycles. The lowest BCUT2D eigenvalue weighted by Crippen LogP contribution is -2.11. The van der Waals surface area contributed by atoms with Crippen molar-refractivity contribution in [3.05, 3.63) is 28.2 Å². The van der Waals surface area contributed by atoms with Crippen molar-refractivity contribution in [1.29, 1.82) is 5.26 Å². The molecule has 3 nitrogen and oxygen atoms in total. The lowest BCUT2D eigenvalue weighted by atomic mass is 10.2. The molecule has 0 saturated carbocycles. The van der Waals surface area contributed by atoms with Gasteiger partial charge in [-0.3, -0.25) is 0 Å². The zero-order valence-electron chi connectivity index (χ0n) is 7.37. The van der Waals surface area contributed by atoms with Gasteiger partial charge in [0, 0.05) is 11.0 Å². The highest BCUT2D eigenvalue weighted by molar-refractivity contribution is 9.10. The van der Waals surface area contributed by atoms with Crippen molar-refractivity contribution in [1.82, 2.24) is 0 Å². The lowest BCUT2D eigenvalue weighted by Gasteiger charge is -2.05. The molecular weight excluding hydrogens is 267 g/mol. The van der Waals surface area contributed by atoms with Gasteiger partial charge in [0.1, 0.15) is 18.4 Å². The first-order chi connectivity index (χ1) is 6.27. The summed E-state index contributed by atoms with van der Waals surface area (Å²) >= 11 is 3.27. The van der Waals surface area contributed by atoms with Gasteiger partial charge in [-0.05, 0) is 18.2 Å². The first-order valence-electron chi connectivity index (χ1n) is 3.80. The monoisotopic (exact) mass is 276 g/mol. The van der Waals surface area contributed by atoms with Crippen LogP contribution in [0.5, 0.6) is 5.75 Å². The van der Waals surface area contributed by atoms with Gasteiger partial charge in [0.2, 0.25) is 0 Å². The van der Waals surface area contributed by atoms with Crippen LogP contribution in [-0.4, -0.2) is 13.2 Å². The molecular formula is C9H10BrClN2O. The molecule has 0 amide bonds. The van der Waals surface area contributed by atoms with Gasteiger partial charge in [-0.1, -0.05) is 15.9 Å². The second-order valence-electron chi connectivity index (χ2n) is 2.39. The number of nitriles is 1. The molecule has 0 unspecified atom stereocenters. The van der Waals surface area contributed by atoms with E-state index in [4.69, 9.17) is 15.7 Å². The average molecular weight is 278 g/mol. The molecule has 0 atom stereocenters. The van der Waals surface area contributed by atoms with E-state index in [-0.39, 0.29) is 12.4 Å². The average Bonchev–Trinajstić information content (AvgIpc) is 2.16. The number of nitrogens with zero attached hydrogens (tertiary/aromatic N) is 1. The number of rotatable bonds is 3. The Bertz CT molecular complexity index is 338. The molecule has 0 radical (unpaired) electrons. The van der Waals surface area contributed by atoms with E-state index in [9.17, 15) is 0 Å². The van der Waals surface area contributed by atoms with Crippen LogP contribution >= 0.6 is 28.3 Å². The summed E-state index contributed by atoms with van der Waals surface area (Å²) in [6.07, 6.45) is 0. The van der Waals surface area contributed by atoms with Crippen molar-refractivity contribution in [2.75, 3.05) is 13.2 Å². The minimum Gasteiger partial charge on any atom is -0.491 e. The van der Waals surface area contributed by atoms with E-state index in [2.05, 4.69) is 15.9 Å². The molecule has 0 aliphatic heterocycles. The zero-order valence-corrected chi connectivity index (χ0v) is 9.77. The molecule has 1 rings (SSSR count). The van der Waals surface area contributed by atoms with Crippen molar-refractivity contribution in [2.45, 2.75) is 0 Å². The van der Waals surface area contributed by atoms with Gasteiger partial charge < -0.3 is 10.5 Å². The Hall–Kier alpha value is -0.760. The predicted molar refractivity (Wildman–Crippen MR) is 60.7 cm³/mol. The van der Waals surface area contributed by atoms with E-state index in [1.807, 2.05) is 12.1 Å². The van der Waals surface area contributed by atoms with Gasteiger partial charge in [0.05, 0.1) is 5.56 Å². The molecule has 0 aliphatic carbocycles. The summed E-state index contributed by atoms with van der Waals surface area (Å²) in [5.41, 5.74) is 5.80. The van der Waals surface area contributed by atoms with E-state index < -0.39 is 0 Å². The molecule has 0 fully saturated rings.